The van der Waals surface area contributed by atoms with Crippen LogP contribution >= 0.6 is 0 Å². The van der Waals surface area contributed by atoms with Gasteiger partial charge in [0.1, 0.15) is 5.82 Å². The summed E-state index contributed by atoms with van der Waals surface area (Å²) < 4.78 is 0. The largest absolute Gasteiger partial charge is 0.362 e. The van der Waals surface area contributed by atoms with Crippen LogP contribution in [0.4, 0.5) is 5.82 Å². The lowest BCUT2D eigenvalue weighted by Crippen LogP contribution is -2.35. The first-order chi connectivity index (χ1) is 9.24. The molecule has 0 radical (unpaired) electrons. The van der Waals surface area contributed by atoms with E-state index in [1.807, 2.05) is 6.20 Å². The second-order valence-electron chi connectivity index (χ2n) is 5.71. The molecular weight excluding hydrogens is 234 g/mol. The van der Waals surface area contributed by atoms with E-state index < -0.39 is 0 Å². The van der Waals surface area contributed by atoms with Gasteiger partial charge in [-0.15, -0.1) is 0 Å². The van der Waals surface area contributed by atoms with E-state index in [9.17, 15) is 0 Å². The van der Waals surface area contributed by atoms with Crippen LogP contribution in [0, 0.1) is 0 Å². The fourth-order valence-corrected chi connectivity index (χ4v) is 3.02. The fourth-order valence-electron chi connectivity index (χ4n) is 3.02. The van der Waals surface area contributed by atoms with Crippen molar-refractivity contribution in [1.29, 1.82) is 0 Å². The van der Waals surface area contributed by atoms with E-state index in [0.29, 0.717) is 6.04 Å². The molecule has 1 aliphatic rings. The topological polar surface area (TPSA) is 19.4 Å². The lowest BCUT2D eigenvalue weighted by molar-refractivity contribution is 0.147. The highest BCUT2D eigenvalue weighted by molar-refractivity contribution is 5.47. The zero-order valence-corrected chi connectivity index (χ0v) is 12.6. The van der Waals surface area contributed by atoms with Crippen LogP contribution in [0.15, 0.2) is 18.3 Å². The molecule has 1 aromatic rings. The number of hydrogen-bond acceptors (Lipinski definition) is 3. The molecule has 3 nitrogen and oxygen atoms in total. The number of hydrogen-bond donors (Lipinski definition) is 0. The minimum Gasteiger partial charge on any atom is -0.362 e. The first-order valence-electron chi connectivity index (χ1n) is 7.60. The lowest BCUT2D eigenvalue weighted by Gasteiger charge is -2.37. The molecule has 1 saturated heterocycles. The average Bonchev–Trinajstić information content (AvgIpc) is 2.45. The summed E-state index contributed by atoms with van der Waals surface area (Å²) in [4.78, 5) is 9.37. The van der Waals surface area contributed by atoms with Crippen molar-refractivity contribution in [2.24, 2.45) is 0 Å². The molecule has 19 heavy (non-hydrogen) atoms. The molecule has 2 rings (SSSR count). The minimum atomic E-state index is 0.561. The molecule has 3 heteroatoms. The summed E-state index contributed by atoms with van der Waals surface area (Å²) in [6.07, 6.45) is 8.44. The fraction of sp³-hybridized carbons (Fsp3) is 0.688. The highest BCUT2D eigenvalue weighted by atomic mass is 15.2. The zero-order chi connectivity index (χ0) is 13.7. The van der Waals surface area contributed by atoms with Crippen LogP contribution in [0.3, 0.4) is 0 Å². The first-order valence-corrected chi connectivity index (χ1v) is 7.60. The predicted molar refractivity (Wildman–Crippen MR) is 81.6 cm³/mol. The third-order valence-corrected chi connectivity index (χ3v) is 4.01. The van der Waals surface area contributed by atoms with Gasteiger partial charge in [-0.25, -0.2) is 4.98 Å². The Morgan fingerprint density at radius 2 is 2.21 bits per heavy atom. The molecule has 0 amide bonds. The molecule has 1 atom stereocenters. The van der Waals surface area contributed by atoms with Crippen LogP contribution in [0.25, 0.3) is 0 Å². The van der Waals surface area contributed by atoms with Crippen molar-refractivity contribution in [2.75, 3.05) is 32.1 Å². The van der Waals surface area contributed by atoms with Gasteiger partial charge in [0.25, 0.3) is 0 Å². The van der Waals surface area contributed by atoms with E-state index in [1.54, 1.807) is 0 Å². The molecule has 1 fully saturated rings. The van der Waals surface area contributed by atoms with E-state index in [-0.39, 0.29) is 0 Å². The monoisotopic (exact) mass is 261 g/mol. The van der Waals surface area contributed by atoms with Gasteiger partial charge in [-0.05, 0) is 38.4 Å². The van der Waals surface area contributed by atoms with Crippen LogP contribution in [0.5, 0.6) is 0 Å². The maximum absolute atomic E-state index is 4.57. The van der Waals surface area contributed by atoms with Crippen molar-refractivity contribution < 1.29 is 0 Å². The third kappa shape index (κ3) is 3.47. The number of nitrogens with zero attached hydrogens (tertiary/aromatic N) is 3. The maximum Gasteiger partial charge on any atom is 0.132 e. The summed E-state index contributed by atoms with van der Waals surface area (Å²) in [7, 11) is 4.18. The van der Waals surface area contributed by atoms with Crippen LogP contribution in [0.1, 0.15) is 50.6 Å². The van der Waals surface area contributed by atoms with Gasteiger partial charge in [0, 0.05) is 31.9 Å². The molecule has 0 spiro atoms. The molecule has 0 unspecified atom stereocenters. The maximum atomic E-state index is 4.57. The van der Waals surface area contributed by atoms with Crippen LogP contribution < -0.4 is 4.90 Å². The van der Waals surface area contributed by atoms with Gasteiger partial charge in [0.2, 0.25) is 0 Å². The summed E-state index contributed by atoms with van der Waals surface area (Å²) in [5, 5.41) is 0. The Labute approximate surface area is 117 Å². The van der Waals surface area contributed by atoms with Crippen LogP contribution in [0.2, 0.25) is 0 Å². The molecule has 0 aliphatic carbocycles. The average molecular weight is 261 g/mol. The Balaban J connectivity index is 2.21. The molecular formula is C16H27N3. The number of anilines is 1. The van der Waals surface area contributed by atoms with Crippen LogP contribution in [-0.4, -0.2) is 37.1 Å². The van der Waals surface area contributed by atoms with Crippen molar-refractivity contribution in [3.8, 4) is 0 Å². The first kappa shape index (κ1) is 14.3. The Morgan fingerprint density at radius 3 is 2.95 bits per heavy atom. The van der Waals surface area contributed by atoms with Crippen molar-refractivity contribution in [1.82, 2.24) is 9.88 Å². The molecule has 106 valence electrons. The minimum absolute atomic E-state index is 0.561. The highest BCUT2D eigenvalue weighted by Gasteiger charge is 2.26. The van der Waals surface area contributed by atoms with Gasteiger partial charge in [-0.3, -0.25) is 4.90 Å². The normalized spacial score (nSPS) is 20.5. The van der Waals surface area contributed by atoms with Crippen molar-refractivity contribution in [3.63, 3.8) is 0 Å². The number of piperidine rings is 1. The molecule has 0 aromatic carbocycles. The van der Waals surface area contributed by atoms with Gasteiger partial charge in [-0.2, -0.15) is 0 Å². The van der Waals surface area contributed by atoms with Gasteiger partial charge < -0.3 is 4.90 Å². The highest BCUT2D eigenvalue weighted by Crippen LogP contribution is 2.34. The number of pyridine rings is 1. The zero-order valence-electron chi connectivity index (χ0n) is 12.6. The van der Waals surface area contributed by atoms with Gasteiger partial charge in [0.05, 0.1) is 0 Å². The molecule has 0 saturated carbocycles. The lowest BCUT2D eigenvalue weighted by atomic mass is 9.95. The van der Waals surface area contributed by atoms with Gasteiger partial charge >= 0.3 is 0 Å². The second kappa shape index (κ2) is 6.90. The third-order valence-electron chi connectivity index (χ3n) is 4.01. The molecule has 2 heterocycles. The summed E-state index contributed by atoms with van der Waals surface area (Å²) in [5.41, 5.74) is 1.41. The SMILES string of the molecule is CCCCN1CCCC[C@H]1c1cccnc1N(C)C. The Bertz CT molecular complexity index is 389. The summed E-state index contributed by atoms with van der Waals surface area (Å²) in [5.74, 6) is 1.14. The van der Waals surface area contributed by atoms with Crippen LogP contribution in [-0.2, 0) is 0 Å². The van der Waals surface area contributed by atoms with E-state index in [2.05, 4.69) is 47.9 Å². The standard InChI is InChI=1S/C16H27N3/c1-4-5-12-19-13-7-6-10-15(19)14-9-8-11-17-16(14)18(2)3/h8-9,11,15H,4-7,10,12-13H2,1-3H3/t15-/m0/s1. The number of unbranched alkanes of at least 4 members (excludes halogenated alkanes) is 1. The molecule has 0 bridgehead atoms. The number of rotatable bonds is 5. The second-order valence-corrected chi connectivity index (χ2v) is 5.71. The van der Waals surface area contributed by atoms with E-state index in [1.165, 1.54) is 50.8 Å². The van der Waals surface area contributed by atoms with Gasteiger partial charge in [-0.1, -0.05) is 25.8 Å². The van der Waals surface area contributed by atoms with Crippen molar-refractivity contribution in [3.05, 3.63) is 23.9 Å². The quantitative estimate of drug-likeness (QED) is 0.809. The smallest absolute Gasteiger partial charge is 0.132 e. The Hall–Kier alpha value is -1.09. The number of aromatic nitrogens is 1. The molecule has 1 aromatic heterocycles. The van der Waals surface area contributed by atoms with Crippen molar-refractivity contribution >= 4 is 5.82 Å². The summed E-state index contributed by atoms with van der Waals surface area (Å²) >= 11 is 0. The summed E-state index contributed by atoms with van der Waals surface area (Å²) in [6, 6.07) is 4.90. The summed E-state index contributed by atoms with van der Waals surface area (Å²) in [6.45, 7) is 4.74. The molecule has 0 N–H and O–H groups in total. The Morgan fingerprint density at radius 1 is 1.37 bits per heavy atom. The predicted octanol–water partition coefficient (Wildman–Crippen LogP) is 3.47. The van der Waals surface area contributed by atoms with Gasteiger partial charge in [0.15, 0.2) is 0 Å². The number of likely N-dealkylation sites (tertiary alicyclic amines) is 1. The Kier molecular flexibility index (Phi) is 5.20. The van der Waals surface area contributed by atoms with E-state index >= 15 is 0 Å². The van der Waals surface area contributed by atoms with E-state index in [4.69, 9.17) is 0 Å². The van der Waals surface area contributed by atoms with E-state index in [0.717, 1.165) is 5.82 Å². The van der Waals surface area contributed by atoms with Crippen molar-refractivity contribution in [2.45, 2.75) is 45.1 Å². The molecule has 1 aliphatic heterocycles.